The topological polar surface area (TPSA) is 58.6 Å². The van der Waals surface area contributed by atoms with Gasteiger partial charge in [0.05, 0.1) is 25.7 Å². The number of benzene rings is 2. The van der Waals surface area contributed by atoms with Crippen LogP contribution in [0.1, 0.15) is 29.0 Å². The first kappa shape index (κ1) is 18.0. The maximum atomic E-state index is 12.7. The van der Waals surface area contributed by atoms with Gasteiger partial charge in [-0.15, -0.1) is 0 Å². The molecular weight excluding hydrogens is 382 g/mol. The van der Waals surface area contributed by atoms with Crippen LogP contribution >= 0.6 is 15.9 Å². The molecule has 1 amide bonds. The minimum atomic E-state index is -0.294. The van der Waals surface area contributed by atoms with Gasteiger partial charge in [0.1, 0.15) is 5.75 Å². The molecule has 0 aromatic heterocycles. The summed E-state index contributed by atoms with van der Waals surface area (Å²) in [6.45, 7) is -0.0875. The molecule has 0 aliphatic heterocycles. The average Bonchev–Trinajstić information content (AvgIpc) is 3.04. The fourth-order valence-electron chi connectivity index (χ4n) is 3.35. The van der Waals surface area contributed by atoms with Crippen LogP contribution in [0.4, 0.5) is 0 Å². The molecule has 0 spiro atoms. The highest BCUT2D eigenvalue weighted by Crippen LogP contribution is 2.35. The Morgan fingerprint density at radius 1 is 1.32 bits per heavy atom. The van der Waals surface area contributed by atoms with Crippen molar-refractivity contribution in [2.24, 2.45) is 0 Å². The summed E-state index contributed by atoms with van der Waals surface area (Å²) in [7, 11) is 1.63. The Bertz CT molecular complexity index is 745. The van der Waals surface area contributed by atoms with Crippen LogP contribution in [0.2, 0.25) is 0 Å². The van der Waals surface area contributed by atoms with Crippen LogP contribution < -0.4 is 10.1 Å². The largest absolute Gasteiger partial charge is 0.497 e. The molecule has 1 aliphatic carbocycles. The highest BCUT2D eigenvalue weighted by atomic mass is 79.9. The molecule has 0 saturated carbocycles. The molecule has 4 nitrogen and oxygen atoms in total. The SMILES string of the molecule is COc1ccc(CC(CO)NC(=O)C2CCc3ccc(Br)cc32)cc1. The van der Waals surface area contributed by atoms with Crippen molar-refractivity contribution < 1.29 is 14.6 Å². The minimum absolute atomic E-state index is 0.00980. The van der Waals surface area contributed by atoms with E-state index < -0.39 is 0 Å². The summed E-state index contributed by atoms with van der Waals surface area (Å²) in [5, 5.41) is 12.7. The molecule has 2 aromatic rings. The molecule has 2 unspecified atom stereocenters. The summed E-state index contributed by atoms with van der Waals surface area (Å²) in [5.74, 6) is 0.642. The number of carbonyl (C=O) groups is 1. The van der Waals surface area contributed by atoms with Crippen molar-refractivity contribution in [1.82, 2.24) is 5.32 Å². The molecule has 2 N–H and O–H groups in total. The van der Waals surface area contributed by atoms with E-state index in [4.69, 9.17) is 4.74 Å². The van der Waals surface area contributed by atoms with Crippen LogP contribution in [-0.2, 0) is 17.6 Å². The van der Waals surface area contributed by atoms with Crippen molar-refractivity contribution in [2.45, 2.75) is 31.2 Å². The van der Waals surface area contributed by atoms with Gasteiger partial charge in [-0.1, -0.05) is 34.1 Å². The predicted molar refractivity (Wildman–Crippen MR) is 101 cm³/mol. The molecule has 0 heterocycles. The summed E-state index contributed by atoms with van der Waals surface area (Å²) >= 11 is 3.48. The average molecular weight is 404 g/mol. The number of aliphatic hydroxyl groups excluding tert-OH is 1. The number of nitrogens with one attached hydrogen (secondary N) is 1. The molecule has 2 aromatic carbocycles. The highest BCUT2D eigenvalue weighted by molar-refractivity contribution is 9.10. The molecule has 132 valence electrons. The number of aliphatic hydroxyl groups is 1. The van der Waals surface area contributed by atoms with E-state index in [9.17, 15) is 9.90 Å². The number of hydrogen-bond donors (Lipinski definition) is 2. The smallest absolute Gasteiger partial charge is 0.227 e. The van der Waals surface area contributed by atoms with Gasteiger partial charge in [0.15, 0.2) is 0 Å². The third kappa shape index (κ3) is 4.22. The van der Waals surface area contributed by atoms with Crippen LogP contribution in [0, 0.1) is 0 Å². The first-order valence-electron chi connectivity index (χ1n) is 8.43. The number of fused-ring (bicyclic) bond motifs is 1. The Balaban J connectivity index is 1.66. The zero-order chi connectivity index (χ0) is 17.8. The van der Waals surface area contributed by atoms with Gasteiger partial charge >= 0.3 is 0 Å². The van der Waals surface area contributed by atoms with Crippen LogP contribution in [0.15, 0.2) is 46.9 Å². The Hall–Kier alpha value is -1.85. The molecule has 1 aliphatic rings. The summed E-state index contributed by atoms with van der Waals surface area (Å²) in [6, 6.07) is 13.5. The summed E-state index contributed by atoms with van der Waals surface area (Å²) in [6.07, 6.45) is 2.32. The lowest BCUT2D eigenvalue weighted by Gasteiger charge is -2.20. The van der Waals surface area contributed by atoms with E-state index in [1.807, 2.05) is 36.4 Å². The number of halogens is 1. The van der Waals surface area contributed by atoms with Crippen LogP contribution in [-0.4, -0.2) is 30.8 Å². The quantitative estimate of drug-likeness (QED) is 0.778. The molecule has 5 heteroatoms. The van der Waals surface area contributed by atoms with Crippen molar-refractivity contribution in [2.75, 3.05) is 13.7 Å². The van der Waals surface area contributed by atoms with Gasteiger partial charge in [-0.3, -0.25) is 4.79 Å². The van der Waals surface area contributed by atoms with Crippen LogP contribution in [0.3, 0.4) is 0 Å². The Labute approximate surface area is 156 Å². The number of aryl methyl sites for hydroxylation is 1. The predicted octanol–water partition coefficient (Wildman–Crippen LogP) is 3.21. The summed E-state index contributed by atoms with van der Waals surface area (Å²) < 4.78 is 6.14. The van der Waals surface area contributed by atoms with Gasteiger partial charge < -0.3 is 15.2 Å². The fraction of sp³-hybridized carbons (Fsp3) is 0.350. The Morgan fingerprint density at radius 3 is 2.76 bits per heavy atom. The van der Waals surface area contributed by atoms with E-state index in [0.717, 1.165) is 34.2 Å². The summed E-state index contributed by atoms with van der Waals surface area (Å²) in [4.78, 5) is 12.7. The first-order valence-corrected chi connectivity index (χ1v) is 9.22. The van der Waals surface area contributed by atoms with Gasteiger partial charge in [-0.25, -0.2) is 0 Å². The van der Waals surface area contributed by atoms with Crippen molar-refractivity contribution >= 4 is 21.8 Å². The Morgan fingerprint density at radius 2 is 2.08 bits per heavy atom. The van der Waals surface area contributed by atoms with Crippen LogP contribution in [0.25, 0.3) is 0 Å². The molecule has 2 atom stereocenters. The standard InChI is InChI=1S/C20H22BrNO3/c1-25-17-7-2-13(3-8-17)10-16(12-23)22-20(24)18-9-5-14-4-6-15(21)11-19(14)18/h2-4,6-8,11,16,18,23H,5,9-10,12H2,1H3,(H,22,24). The first-order chi connectivity index (χ1) is 12.1. The van der Waals surface area contributed by atoms with Crippen LogP contribution in [0.5, 0.6) is 5.75 Å². The van der Waals surface area contributed by atoms with E-state index in [1.165, 1.54) is 5.56 Å². The van der Waals surface area contributed by atoms with Gasteiger partial charge in [-0.2, -0.15) is 0 Å². The lowest BCUT2D eigenvalue weighted by Crippen LogP contribution is -2.41. The van der Waals surface area contributed by atoms with Gasteiger partial charge in [0.2, 0.25) is 5.91 Å². The van der Waals surface area contributed by atoms with Crippen molar-refractivity contribution in [1.29, 1.82) is 0 Å². The monoisotopic (exact) mass is 403 g/mol. The van der Waals surface area contributed by atoms with E-state index in [2.05, 4.69) is 27.3 Å². The number of hydrogen-bond acceptors (Lipinski definition) is 3. The lowest BCUT2D eigenvalue weighted by atomic mass is 9.99. The second-order valence-electron chi connectivity index (χ2n) is 6.37. The van der Waals surface area contributed by atoms with E-state index >= 15 is 0 Å². The third-order valence-corrected chi connectivity index (χ3v) is 5.20. The molecular formula is C20H22BrNO3. The maximum absolute atomic E-state index is 12.7. The second-order valence-corrected chi connectivity index (χ2v) is 7.29. The van der Waals surface area contributed by atoms with E-state index in [0.29, 0.717) is 6.42 Å². The van der Waals surface area contributed by atoms with E-state index in [1.54, 1.807) is 7.11 Å². The molecule has 0 radical (unpaired) electrons. The normalized spacial score (nSPS) is 17.0. The number of amides is 1. The lowest BCUT2D eigenvalue weighted by molar-refractivity contribution is -0.123. The minimum Gasteiger partial charge on any atom is -0.497 e. The van der Waals surface area contributed by atoms with Gasteiger partial charge in [0, 0.05) is 4.47 Å². The van der Waals surface area contributed by atoms with E-state index in [-0.39, 0.29) is 24.5 Å². The fourth-order valence-corrected chi connectivity index (χ4v) is 3.73. The molecule has 0 fully saturated rings. The summed E-state index contributed by atoms with van der Waals surface area (Å²) in [5.41, 5.74) is 3.38. The Kier molecular flexibility index (Phi) is 5.76. The zero-order valence-corrected chi connectivity index (χ0v) is 15.8. The number of ether oxygens (including phenoxy) is 1. The van der Waals surface area contributed by atoms with Gasteiger partial charge in [-0.05, 0) is 60.2 Å². The number of methoxy groups -OCH3 is 1. The number of carbonyl (C=O) groups excluding carboxylic acids is 1. The zero-order valence-electron chi connectivity index (χ0n) is 14.2. The van der Waals surface area contributed by atoms with Gasteiger partial charge in [0.25, 0.3) is 0 Å². The highest BCUT2D eigenvalue weighted by Gasteiger charge is 2.29. The second kappa shape index (κ2) is 8.02. The molecule has 0 saturated heterocycles. The van der Waals surface area contributed by atoms with Crippen molar-refractivity contribution in [3.05, 3.63) is 63.6 Å². The van der Waals surface area contributed by atoms with Crippen molar-refractivity contribution in [3.63, 3.8) is 0 Å². The van der Waals surface area contributed by atoms with Crippen molar-refractivity contribution in [3.8, 4) is 5.75 Å². The molecule has 3 rings (SSSR count). The molecule has 0 bridgehead atoms. The maximum Gasteiger partial charge on any atom is 0.227 e. The number of rotatable bonds is 6. The molecule has 25 heavy (non-hydrogen) atoms. The third-order valence-electron chi connectivity index (χ3n) is 4.71.